The van der Waals surface area contributed by atoms with Crippen LogP contribution in [0.1, 0.15) is 19.1 Å². The molecular weight excluding hydrogens is 236 g/mol. The SMILES string of the molecule is CC(NC1CCSC1)C(=O)NCc1ccco1. The summed E-state index contributed by atoms with van der Waals surface area (Å²) in [5.74, 6) is 3.11. The Hall–Kier alpha value is -0.940. The topological polar surface area (TPSA) is 54.3 Å². The number of amides is 1. The predicted octanol–water partition coefficient (Wildman–Crippen LogP) is 1.38. The molecule has 4 nitrogen and oxygen atoms in total. The molecule has 0 spiro atoms. The van der Waals surface area contributed by atoms with Crippen LogP contribution in [0, 0.1) is 0 Å². The highest BCUT2D eigenvalue weighted by Gasteiger charge is 2.20. The molecule has 2 heterocycles. The van der Waals surface area contributed by atoms with Gasteiger partial charge in [-0.25, -0.2) is 0 Å². The fourth-order valence-electron chi connectivity index (χ4n) is 1.84. The van der Waals surface area contributed by atoms with Crippen molar-refractivity contribution in [3.63, 3.8) is 0 Å². The third-order valence-electron chi connectivity index (χ3n) is 2.83. The zero-order valence-electron chi connectivity index (χ0n) is 9.94. The average molecular weight is 254 g/mol. The van der Waals surface area contributed by atoms with Crippen LogP contribution in [0.25, 0.3) is 0 Å². The molecule has 5 heteroatoms. The molecule has 2 N–H and O–H groups in total. The van der Waals surface area contributed by atoms with Crippen LogP contribution < -0.4 is 10.6 Å². The van der Waals surface area contributed by atoms with Crippen LogP contribution in [0.2, 0.25) is 0 Å². The van der Waals surface area contributed by atoms with Crippen LogP contribution in [0.5, 0.6) is 0 Å². The van der Waals surface area contributed by atoms with E-state index in [4.69, 9.17) is 4.42 Å². The second-order valence-electron chi connectivity index (χ2n) is 4.25. The lowest BCUT2D eigenvalue weighted by Crippen LogP contribution is -2.46. The van der Waals surface area contributed by atoms with Gasteiger partial charge in [-0.15, -0.1) is 0 Å². The Morgan fingerprint density at radius 2 is 2.59 bits per heavy atom. The van der Waals surface area contributed by atoms with E-state index in [0.717, 1.165) is 17.9 Å². The van der Waals surface area contributed by atoms with Crippen molar-refractivity contribution in [3.05, 3.63) is 24.2 Å². The summed E-state index contributed by atoms with van der Waals surface area (Å²) in [4.78, 5) is 11.8. The van der Waals surface area contributed by atoms with E-state index in [-0.39, 0.29) is 11.9 Å². The van der Waals surface area contributed by atoms with Gasteiger partial charge in [-0.2, -0.15) is 11.8 Å². The van der Waals surface area contributed by atoms with Crippen molar-refractivity contribution in [1.29, 1.82) is 0 Å². The van der Waals surface area contributed by atoms with Gasteiger partial charge in [-0.1, -0.05) is 0 Å². The molecule has 0 bridgehead atoms. The van der Waals surface area contributed by atoms with Crippen LogP contribution >= 0.6 is 11.8 Å². The molecule has 0 aliphatic carbocycles. The van der Waals surface area contributed by atoms with Crippen LogP contribution in [-0.2, 0) is 11.3 Å². The number of furan rings is 1. The summed E-state index contributed by atoms with van der Waals surface area (Å²) >= 11 is 1.94. The number of carbonyl (C=O) groups excluding carboxylic acids is 1. The summed E-state index contributed by atoms with van der Waals surface area (Å²) in [6, 6.07) is 4.00. The van der Waals surface area contributed by atoms with E-state index in [0.29, 0.717) is 12.6 Å². The molecule has 1 aliphatic heterocycles. The number of hydrogen-bond donors (Lipinski definition) is 2. The average Bonchev–Trinajstić information content (AvgIpc) is 2.98. The van der Waals surface area contributed by atoms with Crippen LogP contribution in [0.4, 0.5) is 0 Å². The fraction of sp³-hybridized carbons (Fsp3) is 0.583. The Kier molecular flexibility index (Phi) is 4.50. The third-order valence-corrected chi connectivity index (χ3v) is 3.99. The normalized spacial score (nSPS) is 21.4. The van der Waals surface area contributed by atoms with Crippen molar-refractivity contribution in [2.45, 2.75) is 32.0 Å². The maximum atomic E-state index is 11.8. The monoisotopic (exact) mass is 254 g/mol. The van der Waals surface area contributed by atoms with Crippen molar-refractivity contribution in [2.24, 2.45) is 0 Å². The minimum absolute atomic E-state index is 0.0262. The predicted molar refractivity (Wildman–Crippen MR) is 68.9 cm³/mol. The lowest BCUT2D eigenvalue weighted by molar-refractivity contribution is -0.123. The van der Waals surface area contributed by atoms with Crippen molar-refractivity contribution >= 4 is 17.7 Å². The first-order chi connectivity index (χ1) is 8.25. The molecule has 1 aromatic heterocycles. The highest BCUT2D eigenvalue weighted by atomic mass is 32.2. The molecule has 2 unspecified atom stereocenters. The summed E-state index contributed by atoms with van der Waals surface area (Å²) in [6.07, 6.45) is 2.76. The van der Waals surface area contributed by atoms with Crippen LogP contribution in [-0.4, -0.2) is 29.5 Å². The summed E-state index contributed by atoms with van der Waals surface area (Å²) in [7, 11) is 0. The van der Waals surface area contributed by atoms with E-state index in [9.17, 15) is 4.79 Å². The van der Waals surface area contributed by atoms with E-state index in [2.05, 4.69) is 10.6 Å². The van der Waals surface area contributed by atoms with E-state index in [1.54, 1.807) is 6.26 Å². The van der Waals surface area contributed by atoms with Gasteiger partial charge in [0.1, 0.15) is 5.76 Å². The maximum absolute atomic E-state index is 11.8. The molecule has 1 fully saturated rings. The van der Waals surface area contributed by atoms with E-state index in [1.165, 1.54) is 5.75 Å². The standard InChI is InChI=1S/C12H18N2O2S/c1-9(14-10-4-6-17-8-10)12(15)13-7-11-3-2-5-16-11/h2-3,5,9-10,14H,4,6-8H2,1H3,(H,13,15). The molecule has 1 aliphatic rings. The summed E-state index contributed by atoms with van der Waals surface area (Å²) in [6.45, 7) is 2.36. The van der Waals surface area contributed by atoms with E-state index >= 15 is 0 Å². The van der Waals surface area contributed by atoms with Crippen LogP contribution in [0.3, 0.4) is 0 Å². The largest absolute Gasteiger partial charge is 0.467 e. The lowest BCUT2D eigenvalue weighted by Gasteiger charge is -2.17. The smallest absolute Gasteiger partial charge is 0.237 e. The summed E-state index contributed by atoms with van der Waals surface area (Å²) in [5.41, 5.74) is 0. The molecule has 0 radical (unpaired) electrons. The minimum Gasteiger partial charge on any atom is -0.467 e. The molecule has 1 aromatic rings. The second kappa shape index (κ2) is 6.12. The highest BCUT2D eigenvalue weighted by Crippen LogP contribution is 2.17. The summed E-state index contributed by atoms with van der Waals surface area (Å²) in [5, 5.41) is 6.20. The van der Waals surface area contributed by atoms with E-state index < -0.39 is 0 Å². The first-order valence-corrected chi connectivity index (χ1v) is 7.05. The fourth-order valence-corrected chi connectivity index (χ4v) is 3.00. The Bertz CT molecular complexity index is 347. The van der Waals surface area contributed by atoms with Gasteiger partial charge in [-0.3, -0.25) is 4.79 Å². The molecule has 0 saturated carbocycles. The minimum atomic E-state index is -0.145. The lowest BCUT2D eigenvalue weighted by atomic mass is 10.2. The van der Waals surface area contributed by atoms with Gasteiger partial charge < -0.3 is 15.1 Å². The Morgan fingerprint density at radius 1 is 1.71 bits per heavy atom. The van der Waals surface area contributed by atoms with Gasteiger partial charge in [0.2, 0.25) is 5.91 Å². The van der Waals surface area contributed by atoms with Gasteiger partial charge in [0, 0.05) is 11.8 Å². The number of hydrogen-bond acceptors (Lipinski definition) is 4. The van der Waals surface area contributed by atoms with Gasteiger partial charge in [0.05, 0.1) is 18.8 Å². The Morgan fingerprint density at radius 3 is 3.24 bits per heavy atom. The first kappa shape index (κ1) is 12.5. The Labute approximate surface area is 106 Å². The first-order valence-electron chi connectivity index (χ1n) is 5.89. The second-order valence-corrected chi connectivity index (χ2v) is 5.40. The van der Waals surface area contributed by atoms with Gasteiger partial charge in [-0.05, 0) is 31.2 Å². The molecule has 0 aromatic carbocycles. The Balaban J connectivity index is 1.71. The third kappa shape index (κ3) is 3.78. The quantitative estimate of drug-likeness (QED) is 0.833. The maximum Gasteiger partial charge on any atom is 0.237 e. The number of thioether (sulfide) groups is 1. The van der Waals surface area contributed by atoms with Gasteiger partial charge >= 0.3 is 0 Å². The van der Waals surface area contributed by atoms with Gasteiger partial charge in [0.25, 0.3) is 0 Å². The van der Waals surface area contributed by atoms with Crippen LogP contribution in [0.15, 0.2) is 22.8 Å². The summed E-state index contributed by atoms with van der Waals surface area (Å²) < 4.78 is 5.16. The molecule has 17 heavy (non-hydrogen) atoms. The van der Waals surface area contributed by atoms with E-state index in [1.807, 2.05) is 30.8 Å². The molecule has 94 valence electrons. The molecule has 1 amide bonds. The van der Waals surface area contributed by atoms with Crippen molar-refractivity contribution in [3.8, 4) is 0 Å². The zero-order chi connectivity index (χ0) is 12.1. The number of rotatable bonds is 5. The van der Waals surface area contributed by atoms with Crippen molar-refractivity contribution in [2.75, 3.05) is 11.5 Å². The van der Waals surface area contributed by atoms with Crippen molar-refractivity contribution < 1.29 is 9.21 Å². The zero-order valence-corrected chi connectivity index (χ0v) is 10.8. The van der Waals surface area contributed by atoms with Crippen molar-refractivity contribution in [1.82, 2.24) is 10.6 Å². The molecule has 1 saturated heterocycles. The molecule has 2 rings (SSSR count). The number of nitrogens with one attached hydrogen (secondary N) is 2. The highest BCUT2D eigenvalue weighted by molar-refractivity contribution is 7.99. The number of carbonyl (C=O) groups is 1. The molecule has 2 atom stereocenters. The molecular formula is C12H18N2O2S. The van der Waals surface area contributed by atoms with Gasteiger partial charge in [0.15, 0.2) is 0 Å².